The zero-order valence-corrected chi connectivity index (χ0v) is 12.4. The average molecular weight is 294 g/mol. The third-order valence-electron chi connectivity index (χ3n) is 3.66. The van der Waals surface area contributed by atoms with Gasteiger partial charge in [0.15, 0.2) is 0 Å². The molecule has 112 valence electrons. The van der Waals surface area contributed by atoms with Crippen LogP contribution < -0.4 is 11.1 Å². The third kappa shape index (κ3) is 2.71. The van der Waals surface area contributed by atoms with E-state index in [2.05, 4.69) is 10.3 Å². The van der Waals surface area contributed by atoms with E-state index in [1.165, 1.54) is 0 Å². The molecule has 0 radical (unpaired) electrons. The van der Waals surface area contributed by atoms with Gasteiger partial charge in [-0.25, -0.2) is 4.98 Å². The molecule has 22 heavy (non-hydrogen) atoms. The number of hydrogen-bond acceptors (Lipinski definition) is 3. The summed E-state index contributed by atoms with van der Waals surface area (Å²) in [6.45, 7) is 2.52. The Balaban J connectivity index is 1.83. The number of aromatic nitrogens is 2. The standard InChI is InChI=1S/C17H18N4O/c1-12-19-15-8-4-5-9-16(15)21(12)11-17(22)20-14-7-3-2-6-13(14)10-18/h2-9H,10-11,18H2,1H3,(H,20,22). The number of nitrogens with two attached hydrogens (primary N) is 1. The van der Waals surface area contributed by atoms with E-state index < -0.39 is 0 Å². The van der Waals surface area contributed by atoms with Crippen molar-refractivity contribution in [3.05, 3.63) is 59.9 Å². The third-order valence-corrected chi connectivity index (χ3v) is 3.66. The smallest absolute Gasteiger partial charge is 0.244 e. The summed E-state index contributed by atoms with van der Waals surface area (Å²) in [6.07, 6.45) is 0. The Morgan fingerprint density at radius 3 is 2.73 bits per heavy atom. The van der Waals surface area contributed by atoms with Crippen LogP contribution in [0, 0.1) is 6.92 Å². The number of aryl methyl sites for hydroxylation is 1. The first-order valence-electron chi connectivity index (χ1n) is 7.18. The van der Waals surface area contributed by atoms with Gasteiger partial charge in [-0.2, -0.15) is 0 Å². The Bertz CT molecular complexity index is 822. The van der Waals surface area contributed by atoms with Crippen LogP contribution in [0.15, 0.2) is 48.5 Å². The zero-order chi connectivity index (χ0) is 15.5. The first-order valence-corrected chi connectivity index (χ1v) is 7.18. The molecule has 0 fully saturated rings. The molecule has 1 aromatic heterocycles. The van der Waals surface area contributed by atoms with Crippen LogP contribution in [0.3, 0.4) is 0 Å². The van der Waals surface area contributed by atoms with E-state index >= 15 is 0 Å². The molecule has 0 saturated carbocycles. The Kier molecular flexibility index (Phi) is 3.89. The van der Waals surface area contributed by atoms with Crippen LogP contribution in [0.5, 0.6) is 0 Å². The Labute approximate surface area is 128 Å². The summed E-state index contributed by atoms with van der Waals surface area (Å²) in [5.74, 6) is 0.732. The molecular formula is C17H18N4O. The van der Waals surface area contributed by atoms with Crippen molar-refractivity contribution in [2.75, 3.05) is 5.32 Å². The normalized spacial score (nSPS) is 10.8. The van der Waals surface area contributed by atoms with Crippen LogP contribution in [-0.2, 0) is 17.9 Å². The van der Waals surface area contributed by atoms with Crippen molar-refractivity contribution in [3.63, 3.8) is 0 Å². The van der Waals surface area contributed by atoms with Gasteiger partial charge in [0.25, 0.3) is 0 Å². The van der Waals surface area contributed by atoms with E-state index in [0.29, 0.717) is 6.54 Å². The molecule has 0 aliphatic rings. The number of imidazole rings is 1. The van der Waals surface area contributed by atoms with Crippen LogP contribution in [-0.4, -0.2) is 15.5 Å². The number of fused-ring (bicyclic) bond motifs is 1. The molecule has 1 heterocycles. The molecule has 0 aliphatic carbocycles. The molecule has 5 nitrogen and oxygen atoms in total. The van der Waals surface area contributed by atoms with E-state index in [1.807, 2.05) is 60.0 Å². The minimum Gasteiger partial charge on any atom is -0.326 e. The van der Waals surface area contributed by atoms with Gasteiger partial charge < -0.3 is 15.6 Å². The Morgan fingerprint density at radius 2 is 1.91 bits per heavy atom. The highest BCUT2D eigenvalue weighted by Gasteiger charge is 2.11. The predicted octanol–water partition coefficient (Wildman–Crippen LogP) is 2.44. The topological polar surface area (TPSA) is 72.9 Å². The molecular weight excluding hydrogens is 276 g/mol. The predicted molar refractivity (Wildman–Crippen MR) is 87.4 cm³/mol. The number of carbonyl (C=O) groups excluding carboxylic acids is 1. The molecule has 0 unspecified atom stereocenters. The lowest BCUT2D eigenvalue weighted by Gasteiger charge is -2.11. The lowest BCUT2D eigenvalue weighted by atomic mass is 10.2. The summed E-state index contributed by atoms with van der Waals surface area (Å²) in [5.41, 5.74) is 9.23. The van der Waals surface area contributed by atoms with Crippen molar-refractivity contribution in [2.45, 2.75) is 20.0 Å². The molecule has 3 rings (SSSR count). The molecule has 0 saturated heterocycles. The number of benzene rings is 2. The van der Waals surface area contributed by atoms with Crippen LogP contribution in [0.25, 0.3) is 11.0 Å². The fraction of sp³-hybridized carbons (Fsp3) is 0.176. The molecule has 0 aliphatic heterocycles. The van der Waals surface area contributed by atoms with Crippen molar-refractivity contribution >= 4 is 22.6 Å². The first kappa shape index (κ1) is 14.3. The van der Waals surface area contributed by atoms with Crippen molar-refractivity contribution in [1.29, 1.82) is 0 Å². The number of para-hydroxylation sites is 3. The van der Waals surface area contributed by atoms with Crippen LogP contribution in [0.4, 0.5) is 5.69 Å². The number of amides is 1. The number of nitrogens with one attached hydrogen (secondary N) is 1. The molecule has 3 N–H and O–H groups in total. The maximum absolute atomic E-state index is 12.3. The summed E-state index contributed by atoms with van der Waals surface area (Å²) in [6, 6.07) is 15.4. The van der Waals surface area contributed by atoms with Gasteiger partial charge in [-0.1, -0.05) is 30.3 Å². The van der Waals surface area contributed by atoms with Crippen molar-refractivity contribution < 1.29 is 4.79 Å². The second-order valence-electron chi connectivity index (χ2n) is 5.14. The molecule has 0 spiro atoms. The monoisotopic (exact) mass is 294 g/mol. The average Bonchev–Trinajstić information content (AvgIpc) is 2.84. The number of anilines is 1. The minimum absolute atomic E-state index is 0.0906. The molecule has 2 aromatic carbocycles. The quantitative estimate of drug-likeness (QED) is 0.776. The highest BCUT2D eigenvalue weighted by Crippen LogP contribution is 2.17. The van der Waals surface area contributed by atoms with E-state index in [4.69, 9.17) is 5.73 Å². The van der Waals surface area contributed by atoms with Crippen LogP contribution in [0.2, 0.25) is 0 Å². The fourth-order valence-corrected chi connectivity index (χ4v) is 2.55. The van der Waals surface area contributed by atoms with Gasteiger partial charge in [-0.05, 0) is 30.7 Å². The fourth-order valence-electron chi connectivity index (χ4n) is 2.55. The molecule has 5 heteroatoms. The maximum atomic E-state index is 12.3. The lowest BCUT2D eigenvalue weighted by Crippen LogP contribution is -2.20. The zero-order valence-electron chi connectivity index (χ0n) is 12.4. The van der Waals surface area contributed by atoms with Crippen molar-refractivity contribution in [2.24, 2.45) is 5.73 Å². The van der Waals surface area contributed by atoms with Crippen molar-refractivity contribution in [3.8, 4) is 0 Å². The van der Waals surface area contributed by atoms with E-state index in [1.54, 1.807) is 0 Å². The minimum atomic E-state index is -0.0906. The van der Waals surface area contributed by atoms with Gasteiger partial charge in [0, 0.05) is 12.2 Å². The highest BCUT2D eigenvalue weighted by molar-refractivity contribution is 5.92. The molecule has 1 amide bonds. The van der Waals surface area contributed by atoms with Gasteiger partial charge in [0.1, 0.15) is 12.4 Å². The number of hydrogen-bond donors (Lipinski definition) is 2. The SMILES string of the molecule is Cc1nc2ccccc2n1CC(=O)Nc1ccccc1CN. The summed E-state index contributed by atoms with van der Waals surface area (Å²) in [5, 5.41) is 2.92. The summed E-state index contributed by atoms with van der Waals surface area (Å²) < 4.78 is 1.91. The van der Waals surface area contributed by atoms with E-state index in [-0.39, 0.29) is 12.5 Å². The second-order valence-corrected chi connectivity index (χ2v) is 5.14. The number of rotatable bonds is 4. The van der Waals surface area contributed by atoms with E-state index in [0.717, 1.165) is 28.1 Å². The number of nitrogens with zero attached hydrogens (tertiary/aromatic N) is 2. The molecule has 0 atom stereocenters. The van der Waals surface area contributed by atoms with E-state index in [9.17, 15) is 4.79 Å². The molecule has 0 bridgehead atoms. The number of carbonyl (C=O) groups is 1. The largest absolute Gasteiger partial charge is 0.326 e. The molecule has 3 aromatic rings. The Morgan fingerprint density at radius 1 is 1.18 bits per heavy atom. The van der Waals surface area contributed by atoms with Gasteiger partial charge in [0.05, 0.1) is 11.0 Å². The highest BCUT2D eigenvalue weighted by atomic mass is 16.1. The Hall–Kier alpha value is -2.66. The summed E-state index contributed by atoms with van der Waals surface area (Å²) in [7, 11) is 0. The second kappa shape index (κ2) is 5.99. The van der Waals surface area contributed by atoms with Crippen LogP contribution >= 0.6 is 0 Å². The van der Waals surface area contributed by atoms with Gasteiger partial charge >= 0.3 is 0 Å². The lowest BCUT2D eigenvalue weighted by molar-refractivity contribution is -0.116. The summed E-state index contributed by atoms with van der Waals surface area (Å²) in [4.78, 5) is 16.8. The summed E-state index contributed by atoms with van der Waals surface area (Å²) >= 11 is 0. The van der Waals surface area contributed by atoms with Crippen LogP contribution in [0.1, 0.15) is 11.4 Å². The van der Waals surface area contributed by atoms with Crippen molar-refractivity contribution in [1.82, 2.24) is 9.55 Å². The van der Waals surface area contributed by atoms with Gasteiger partial charge in [-0.3, -0.25) is 4.79 Å². The van der Waals surface area contributed by atoms with Gasteiger partial charge in [-0.15, -0.1) is 0 Å². The van der Waals surface area contributed by atoms with Gasteiger partial charge in [0.2, 0.25) is 5.91 Å². The maximum Gasteiger partial charge on any atom is 0.244 e. The first-order chi connectivity index (χ1) is 10.7.